The topological polar surface area (TPSA) is 72.9 Å². The average Bonchev–Trinajstić information content (AvgIpc) is 2.86. The SMILES string of the molecule is CCN(CC)CC(=O)N(NC(=O)C(O)(c1ccc(C)cc1)c1ccc(C)cc1)c1ccccc1C. The highest BCUT2D eigenvalue weighted by Gasteiger charge is 2.41. The first-order chi connectivity index (χ1) is 16.7. The molecular weight excluding hydrogens is 438 g/mol. The van der Waals surface area contributed by atoms with Gasteiger partial charge in [-0.2, -0.15) is 0 Å². The van der Waals surface area contributed by atoms with E-state index in [1.165, 1.54) is 5.01 Å². The summed E-state index contributed by atoms with van der Waals surface area (Å²) in [5.41, 5.74) is 5.02. The lowest BCUT2D eigenvalue weighted by atomic mass is 9.85. The minimum Gasteiger partial charge on any atom is -0.372 e. The number of para-hydroxylation sites is 1. The molecule has 184 valence electrons. The third-order valence-corrected chi connectivity index (χ3v) is 6.34. The lowest BCUT2D eigenvalue weighted by molar-refractivity contribution is -0.138. The molecule has 35 heavy (non-hydrogen) atoms. The van der Waals surface area contributed by atoms with Crippen molar-refractivity contribution in [1.29, 1.82) is 0 Å². The molecule has 3 aromatic rings. The first-order valence-corrected chi connectivity index (χ1v) is 12.0. The number of carbonyl (C=O) groups excluding carboxylic acids is 2. The summed E-state index contributed by atoms with van der Waals surface area (Å²) in [5.74, 6) is -0.993. The van der Waals surface area contributed by atoms with Gasteiger partial charge >= 0.3 is 0 Å². The molecule has 6 nitrogen and oxygen atoms in total. The van der Waals surface area contributed by atoms with E-state index in [0.29, 0.717) is 29.9 Å². The van der Waals surface area contributed by atoms with Crippen LogP contribution < -0.4 is 10.4 Å². The Morgan fingerprint density at radius 2 is 1.29 bits per heavy atom. The Labute approximate surface area is 208 Å². The zero-order valence-corrected chi connectivity index (χ0v) is 21.2. The number of benzene rings is 3. The van der Waals surface area contributed by atoms with E-state index in [2.05, 4.69) is 5.43 Å². The van der Waals surface area contributed by atoms with Crippen LogP contribution >= 0.6 is 0 Å². The molecule has 0 radical (unpaired) electrons. The number of hydrogen-bond donors (Lipinski definition) is 2. The average molecular weight is 474 g/mol. The minimum atomic E-state index is -2.00. The van der Waals surface area contributed by atoms with E-state index in [0.717, 1.165) is 16.7 Å². The van der Waals surface area contributed by atoms with Gasteiger partial charge in [-0.25, -0.2) is 5.01 Å². The van der Waals surface area contributed by atoms with Crippen molar-refractivity contribution in [1.82, 2.24) is 10.3 Å². The maximum atomic E-state index is 13.9. The van der Waals surface area contributed by atoms with Crippen LogP contribution in [0.3, 0.4) is 0 Å². The second-order valence-electron chi connectivity index (χ2n) is 8.86. The van der Waals surface area contributed by atoms with Crippen molar-refractivity contribution in [3.63, 3.8) is 0 Å². The molecule has 0 saturated heterocycles. The molecule has 6 heteroatoms. The van der Waals surface area contributed by atoms with E-state index < -0.39 is 11.5 Å². The van der Waals surface area contributed by atoms with Gasteiger partial charge in [-0.3, -0.25) is 19.9 Å². The Morgan fingerprint density at radius 1 is 0.800 bits per heavy atom. The van der Waals surface area contributed by atoms with Crippen LogP contribution in [-0.2, 0) is 15.2 Å². The number of anilines is 1. The maximum absolute atomic E-state index is 13.9. The van der Waals surface area contributed by atoms with Crippen LogP contribution in [0.25, 0.3) is 0 Å². The second kappa shape index (κ2) is 11.3. The van der Waals surface area contributed by atoms with Crippen LogP contribution in [0.15, 0.2) is 72.8 Å². The molecule has 2 amide bonds. The van der Waals surface area contributed by atoms with Gasteiger partial charge in [0, 0.05) is 0 Å². The smallest absolute Gasteiger partial charge is 0.280 e. The normalized spacial score (nSPS) is 11.4. The number of likely N-dealkylation sites (N-methyl/N-ethyl adjacent to an activating group) is 1. The molecule has 0 aliphatic rings. The highest BCUT2D eigenvalue weighted by atomic mass is 16.3. The van der Waals surface area contributed by atoms with Crippen LogP contribution in [0.5, 0.6) is 0 Å². The van der Waals surface area contributed by atoms with Crippen molar-refractivity contribution in [3.05, 3.63) is 101 Å². The fourth-order valence-corrected chi connectivity index (χ4v) is 3.98. The van der Waals surface area contributed by atoms with Gasteiger partial charge in [0.1, 0.15) is 0 Å². The molecule has 0 saturated carbocycles. The summed E-state index contributed by atoms with van der Waals surface area (Å²) in [7, 11) is 0. The molecule has 3 rings (SSSR count). The molecule has 2 N–H and O–H groups in total. The highest BCUT2D eigenvalue weighted by molar-refractivity contribution is 6.00. The second-order valence-corrected chi connectivity index (χ2v) is 8.86. The van der Waals surface area contributed by atoms with Crippen LogP contribution in [0.1, 0.15) is 41.7 Å². The number of amides is 2. The number of hydrazine groups is 1. The standard InChI is InChI=1S/C29H35N3O3/c1-6-31(7-2)20-27(33)32(26-11-9-8-10-23(26)5)30-28(34)29(35,24-16-12-21(3)13-17-24)25-18-14-22(4)15-19-25/h8-19,35H,6-7,20H2,1-5H3,(H,30,34). The lowest BCUT2D eigenvalue weighted by Crippen LogP contribution is -2.56. The maximum Gasteiger partial charge on any atom is 0.280 e. The largest absolute Gasteiger partial charge is 0.372 e. The Hall–Kier alpha value is -3.48. The van der Waals surface area contributed by atoms with Gasteiger partial charge in [0.25, 0.3) is 11.8 Å². The molecule has 0 aliphatic heterocycles. The Balaban J connectivity index is 2.07. The summed E-state index contributed by atoms with van der Waals surface area (Å²) in [6.07, 6.45) is 0. The van der Waals surface area contributed by atoms with E-state index in [9.17, 15) is 14.7 Å². The van der Waals surface area contributed by atoms with Gasteiger partial charge in [0.2, 0.25) is 0 Å². The first kappa shape index (κ1) is 26.1. The van der Waals surface area contributed by atoms with Gasteiger partial charge in [-0.1, -0.05) is 91.7 Å². The summed E-state index contributed by atoms with van der Waals surface area (Å²) in [4.78, 5) is 29.3. The minimum absolute atomic E-state index is 0.134. The van der Waals surface area contributed by atoms with Crippen LogP contribution in [0.4, 0.5) is 5.69 Å². The Kier molecular flexibility index (Phi) is 8.43. The predicted molar refractivity (Wildman–Crippen MR) is 140 cm³/mol. The van der Waals surface area contributed by atoms with E-state index >= 15 is 0 Å². The monoisotopic (exact) mass is 473 g/mol. The zero-order valence-electron chi connectivity index (χ0n) is 21.2. The van der Waals surface area contributed by atoms with E-state index in [-0.39, 0.29) is 12.5 Å². The van der Waals surface area contributed by atoms with Crippen molar-refractivity contribution >= 4 is 17.5 Å². The highest BCUT2D eigenvalue weighted by Crippen LogP contribution is 2.31. The summed E-state index contributed by atoms with van der Waals surface area (Å²) in [6, 6.07) is 21.7. The molecule has 0 unspecified atom stereocenters. The summed E-state index contributed by atoms with van der Waals surface area (Å²) >= 11 is 0. The number of aliphatic hydroxyl groups is 1. The number of hydrogen-bond acceptors (Lipinski definition) is 4. The quantitative estimate of drug-likeness (QED) is 0.480. The number of aryl methyl sites for hydroxylation is 3. The molecular formula is C29H35N3O3. The summed E-state index contributed by atoms with van der Waals surface area (Å²) in [5, 5.41) is 13.2. The van der Waals surface area contributed by atoms with Gasteiger partial charge in [-0.05, 0) is 56.6 Å². The number of nitrogens with one attached hydrogen (secondary N) is 1. The molecule has 3 aromatic carbocycles. The van der Waals surface area contributed by atoms with Crippen molar-refractivity contribution < 1.29 is 14.7 Å². The Morgan fingerprint density at radius 3 is 1.74 bits per heavy atom. The van der Waals surface area contributed by atoms with Gasteiger partial charge in [0.15, 0.2) is 5.60 Å². The predicted octanol–water partition coefficient (Wildman–Crippen LogP) is 4.25. The molecule has 0 heterocycles. The summed E-state index contributed by atoms with van der Waals surface area (Å²) in [6.45, 7) is 11.3. The number of rotatable bonds is 8. The third-order valence-electron chi connectivity index (χ3n) is 6.34. The van der Waals surface area contributed by atoms with Gasteiger partial charge in [-0.15, -0.1) is 0 Å². The van der Waals surface area contributed by atoms with Crippen molar-refractivity contribution in [2.24, 2.45) is 0 Å². The van der Waals surface area contributed by atoms with Crippen LogP contribution in [0.2, 0.25) is 0 Å². The van der Waals surface area contributed by atoms with Crippen molar-refractivity contribution in [2.75, 3.05) is 24.6 Å². The number of carbonyl (C=O) groups is 2. The van der Waals surface area contributed by atoms with E-state index in [1.807, 2.05) is 82.0 Å². The lowest BCUT2D eigenvalue weighted by Gasteiger charge is -2.33. The zero-order chi connectivity index (χ0) is 25.6. The van der Waals surface area contributed by atoms with Crippen LogP contribution in [0, 0.1) is 20.8 Å². The molecule has 0 atom stereocenters. The fourth-order valence-electron chi connectivity index (χ4n) is 3.98. The first-order valence-electron chi connectivity index (χ1n) is 12.0. The molecule has 0 fully saturated rings. The van der Waals surface area contributed by atoms with E-state index in [4.69, 9.17) is 0 Å². The molecule has 0 aliphatic carbocycles. The van der Waals surface area contributed by atoms with Crippen molar-refractivity contribution in [2.45, 2.75) is 40.2 Å². The molecule has 0 aromatic heterocycles. The third kappa shape index (κ3) is 5.78. The molecule has 0 bridgehead atoms. The van der Waals surface area contributed by atoms with Crippen molar-refractivity contribution in [3.8, 4) is 0 Å². The number of nitrogens with zero attached hydrogens (tertiary/aromatic N) is 2. The van der Waals surface area contributed by atoms with Gasteiger partial charge in [0.05, 0.1) is 12.2 Å². The van der Waals surface area contributed by atoms with E-state index in [1.54, 1.807) is 30.3 Å². The fraction of sp³-hybridized carbons (Fsp3) is 0.310. The van der Waals surface area contributed by atoms with Crippen LogP contribution in [-0.4, -0.2) is 41.5 Å². The molecule has 0 spiro atoms. The summed E-state index contributed by atoms with van der Waals surface area (Å²) < 4.78 is 0. The Bertz CT molecular complexity index is 1110. The van der Waals surface area contributed by atoms with Gasteiger partial charge < -0.3 is 5.11 Å².